The number of hydrogen-bond donors (Lipinski definition) is 2. The van der Waals surface area contributed by atoms with Crippen LogP contribution in [0.5, 0.6) is 5.75 Å². The highest BCUT2D eigenvalue weighted by molar-refractivity contribution is 5.73. The lowest BCUT2D eigenvalue weighted by Gasteiger charge is -2.51. The maximum atomic E-state index is 12.6. The molecule has 1 aromatic carbocycles. The molecule has 0 aromatic heterocycles. The minimum atomic E-state index is -0.422. The number of carbonyl (C=O) groups is 1. The zero-order valence-corrected chi connectivity index (χ0v) is 15.1. The molecule has 0 radical (unpaired) electrons. The molecule has 0 amide bonds. The van der Waals surface area contributed by atoms with E-state index in [1.165, 1.54) is 11.1 Å². The molecular formula is C21H28O4. The van der Waals surface area contributed by atoms with Gasteiger partial charge in [-0.05, 0) is 85.5 Å². The molecule has 0 heterocycles. The van der Waals surface area contributed by atoms with Gasteiger partial charge >= 0.3 is 5.97 Å². The Morgan fingerprint density at radius 1 is 1.36 bits per heavy atom. The van der Waals surface area contributed by atoms with Crippen LogP contribution in [0.3, 0.4) is 0 Å². The van der Waals surface area contributed by atoms with Crippen LogP contribution in [0.2, 0.25) is 0 Å². The number of aliphatic hydroxyl groups excluding tert-OH is 1. The lowest BCUT2D eigenvalue weighted by atomic mass is 9.54. The molecule has 4 heteroatoms. The summed E-state index contributed by atoms with van der Waals surface area (Å²) in [5, 5.41) is 20.5. The highest BCUT2D eigenvalue weighted by Gasteiger charge is 2.60. The number of hydrogen-bond acceptors (Lipinski definition) is 4. The van der Waals surface area contributed by atoms with Crippen molar-refractivity contribution in [2.75, 3.05) is 6.61 Å². The van der Waals surface area contributed by atoms with Gasteiger partial charge in [0, 0.05) is 0 Å². The number of benzene rings is 1. The van der Waals surface area contributed by atoms with Crippen molar-refractivity contribution in [3.8, 4) is 5.75 Å². The first kappa shape index (κ1) is 16.9. The van der Waals surface area contributed by atoms with E-state index in [0.29, 0.717) is 30.6 Å². The van der Waals surface area contributed by atoms with Crippen molar-refractivity contribution in [2.45, 2.75) is 58.0 Å². The van der Waals surface area contributed by atoms with Crippen LogP contribution in [0.15, 0.2) is 18.2 Å². The van der Waals surface area contributed by atoms with Gasteiger partial charge in [0.25, 0.3) is 0 Å². The molecule has 2 N–H and O–H groups in total. The fourth-order valence-electron chi connectivity index (χ4n) is 6.14. The average molecular weight is 344 g/mol. The maximum Gasteiger partial charge on any atom is 0.309 e. The van der Waals surface area contributed by atoms with Crippen molar-refractivity contribution in [1.29, 1.82) is 0 Å². The number of aliphatic hydroxyl groups is 1. The SMILES string of the molecule is CCOC(=O)[C@H]1C[C@H](O)[C@@]2(C)CC[C@@H]3c4ccc(O)cc4CC[C@H]3[C@H]12. The molecule has 3 aliphatic rings. The van der Waals surface area contributed by atoms with Gasteiger partial charge in [0.05, 0.1) is 18.6 Å². The summed E-state index contributed by atoms with van der Waals surface area (Å²) in [6.45, 7) is 4.41. The summed E-state index contributed by atoms with van der Waals surface area (Å²) in [7, 11) is 0. The molecule has 3 aliphatic carbocycles. The lowest BCUT2D eigenvalue weighted by Crippen LogP contribution is -2.46. The van der Waals surface area contributed by atoms with Crippen LogP contribution < -0.4 is 0 Å². The molecule has 6 atom stereocenters. The molecule has 4 nitrogen and oxygen atoms in total. The number of phenolic OH excluding ortho intramolecular Hbond substituents is 1. The third-order valence-corrected chi connectivity index (χ3v) is 7.27. The van der Waals surface area contributed by atoms with Gasteiger partial charge in [-0.15, -0.1) is 0 Å². The fraction of sp³-hybridized carbons (Fsp3) is 0.667. The third kappa shape index (κ3) is 2.49. The number of ether oxygens (including phenoxy) is 1. The largest absolute Gasteiger partial charge is 0.508 e. The van der Waals surface area contributed by atoms with Crippen molar-refractivity contribution in [3.05, 3.63) is 29.3 Å². The summed E-state index contributed by atoms with van der Waals surface area (Å²) in [5.74, 6) is 1.02. The first-order valence-corrected chi connectivity index (χ1v) is 9.62. The van der Waals surface area contributed by atoms with Crippen LogP contribution in [0.1, 0.15) is 56.6 Å². The van der Waals surface area contributed by atoms with E-state index < -0.39 is 6.10 Å². The summed E-state index contributed by atoms with van der Waals surface area (Å²) in [5.41, 5.74) is 2.39. The van der Waals surface area contributed by atoms with Gasteiger partial charge in [-0.3, -0.25) is 4.79 Å². The summed E-state index contributed by atoms with van der Waals surface area (Å²) in [6.07, 6.45) is 4.05. The third-order valence-electron chi connectivity index (χ3n) is 7.27. The van der Waals surface area contributed by atoms with Gasteiger partial charge in [0.2, 0.25) is 0 Å². The van der Waals surface area contributed by atoms with E-state index in [9.17, 15) is 15.0 Å². The Bertz CT molecular complexity index is 684. The molecule has 0 bridgehead atoms. The van der Waals surface area contributed by atoms with E-state index >= 15 is 0 Å². The van der Waals surface area contributed by atoms with Crippen LogP contribution in [-0.2, 0) is 16.0 Å². The Kier molecular flexibility index (Phi) is 4.06. The number of aryl methyl sites for hydroxylation is 1. The number of aromatic hydroxyl groups is 1. The summed E-state index contributed by atoms with van der Waals surface area (Å²) in [6, 6.07) is 5.74. The molecule has 0 aliphatic heterocycles. The Balaban J connectivity index is 1.71. The second-order valence-corrected chi connectivity index (χ2v) is 8.37. The van der Waals surface area contributed by atoms with E-state index in [1.807, 2.05) is 13.0 Å². The number of phenols is 1. The van der Waals surface area contributed by atoms with Gasteiger partial charge in [-0.2, -0.15) is 0 Å². The first-order chi connectivity index (χ1) is 12.0. The Morgan fingerprint density at radius 3 is 2.92 bits per heavy atom. The number of carbonyl (C=O) groups excluding carboxylic acids is 1. The van der Waals surface area contributed by atoms with E-state index in [-0.39, 0.29) is 23.2 Å². The molecule has 4 rings (SSSR count). The van der Waals surface area contributed by atoms with Gasteiger partial charge in [-0.25, -0.2) is 0 Å². The molecule has 0 unspecified atom stereocenters. The molecule has 25 heavy (non-hydrogen) atoms. The standard InChI is InChI=1S/C21H28O4/c1-3-25-20(24)17-11-18(23)21(2)9-8-15-14-7-5-13(22)10-12(14)4-6-16(15)19(17)21/h5,7,10,15-19,22-23H,3-4,6,8-9,11H2,1-2H3/t15-,16-,17+,18+,19-,21-/m1/s1. The van der Waals surface area contributed by atoms with Crippen molar-refractivity contribution in [3.63, 3.8) is 0 Å². The highest BCUT2D eigenvalue weighted by atomic mass is 16.5. The van der Waals surface area contributed by atoms with Gasteiger partial charge in [-0.1, -0.05) is 13.0 Å². The van der Waals surface area contributed by atoms with E-state index in [4.69, 9.17) is 4.74 Å². The zero-order valence-electron chi connectivity index (χ0n) is 15.1. The highest BCUT2D eigenvalue weighted by Crippen LogP contribution is 2.63. The van der Waals surface area contributed by atoms with Crippen molar-refractivity contribution < 1.29 is 19.7 Å². The Morgan fingerprint density at radius 2 is 2.16 bits per heavy atom. The predicted octanol–water partition coefficient (Wildman–Crippen LogP) is 3.40. The van der Waals surface area contributed by atoms with Gasteiger partial charge < -0.3 is 14.9 Å². The minimum Gasteiger partial charge on any atom is -0.508 e. The first-order valence-electron chi connectivity index (χ1n) is 9.62. The topological polar surface area (TPSA) is 66.8 Å². The molecule has 136 valence electrons. The molecule has 0 spiro atoms. The van der Waals surface area contributed by atoms with Gasteiger partial charge in [0.1, 0.15) is 5.75 Å². The Labute approximate surface area is 149 Å². The van der Waals surface area contributed by atoms with Crippen LogP contribution in [0, 0.1) is 23.2 Å². The molecule has 2 saturated carbocycles. The second kappa shape index (κ2) is 6.01. The van der Waals surface area contributed by atoms with Gasteiger partial charge in [0.15, 0.2) is 0 Å². The van der Waals surface area contributed by atoms with Crippen LogP contribution in [0.4, 0.5) is 0 Å². The molecule has 2 fully saturated rings. The Hall–Kier alpha value is -1.55. The zero-order chi connectivity index (χ0) is 17.8. The van der Waals surface area contributed by atoms with Crippen molar-refractivity contribution in [2.24, 2.45) is 23.2 Å². The minimum absolute atomic E-state index is 0.132. The summed E-state index contributed by atoms with van der Waals surface area (Å²) in [4.78, 5) is 12.6. The normalized spacial score (nSPS) is 39.2. The number of esters is 1. The van der Waals surface area contributed by atoms with Crippen LogP contribution >= 0.6 is 0 Å². The van der Waals surface area contributed by atoms with Crippen LogP contribution in [-0.4, -0.2) is 28.9 Å². The molecule has 0 saturated heterocycles. The van der Waals surface area contributed by atoms with Crippen molar-refractivity contribution >= 4 is 5.97 Å². The van der Waals surface area contributed by atoms with Crippen molar-refractivity contribution in [1.82, 2.24) is 0 Å². The number of rotatable bonds is 2. The fourth-order valence-corrected chi connectivity index (χ4v) is 6.14. The summed E-state index contributed by atoms with van der Waals surface area (Å²) >= 11 is 0. The molecule has 1 aromatic rings. The smallest absolute Gasteiger partial charge is 0.309 e. The quantitative estimate of drug-likeness (QED) is 0.807. The lowest BCUT2D eigenvalue weighted by molar-refractivity contribution is -0.152. The predicted molar refractivity (Wildman–Crippen MR) is 94.2 cm³/mol. The monoisotopic (exact) mass is 344 g/mol. The van der Waals surface area contributed by atoms with E-state index in [0.717, 1.165) is 25.7 Å². The summed E-state index contributed by atoms with van der Waals surface area (Å²) < 4.78 is 5.35. The van der Waals surface area contributed by atoms with E-state index in [1.54, 1.807) is 6.07 Å². The van der Waals surface area contributed by atoms with E-state index in [2.05, 4.69) is 13.0 Å². The second-order valence-electron chi connectivity index (χ2n) is 8.37. The average Bonchev–Trinajstić information content (AvgIpc) is 2.86. The molecular weight excluding hydrogens is 316 g/mol. The number of fused-ring (bicyclic) bond motifs is 5. The van der Waals surface area contributed by atoms with Crippen LogP contribution in [0.25, 0.3) is 0 Å². The maximum absolute atomic E-state index is 12.6.